The van der Waals surface area contributed by atoms with Crippen LogP contribution in [0.1, 0.15) is 19.8 Å². The fraction of sp³-hybridized carbons (Fsp3) is 0.650. The Kier molecular flexibility index (Phi) is 7.02. The van der Waals surface area contributed by atoms with E-state index in [1.54, 1.807) is 12.1 Å². The molecule has 162 valence electrons. The number of carbonyl (C=O) groups excluding carboxylic acids is 1. The number of quaternary nitrogens is 1. The van der Waals surface area contributed by atoms with Gasteiger partial charge in [-0.15, -0.1) is 0 Å². The lowest BCUT2D eigenvalue weighted by atomic mass is 9.99. The molecule has 1 N–H and O–H groups in total. The van der Waals surface area contributed by atoms with Crippen molar-refractivity contribution < 1.29 is 27.6 Å². The number of ether oxygens (including phenoxy) is 2. The molecule has 1 aromatic carbocycles. The van der Waals surface area contributed by atoms with Gasteiger partial charge in [0, 0.05) is 19.2 Å². The van der Waals surface area contributed by atoms with Crippen LogP contribution < -0.4 is 14.4 Å². The molecular weight excluding hydrogens is 394 g/mol. The topological polar surface area (TPSA) is 80.6 Å². The maximum absolute atomic E-state index is 13.1. The van der Waals surface area contributed by atoms with E-state index in [1.165, 1.54) is 24.6 Å². The molecule has 0 saturated carbocycles. The maximum atomic E-state index is 13.1. The van der Waals surface area contributed by atoms with Gasteiger partial charge in [0.05, 0.1) is 40.4 Å². The third kappa shape index (κ3) is 5.02. The minimum atomic E-state index is -3.70. The molecule has 0 bridgehead atoms. The van der Waals surface area contributed by atoms with Crippen molar-refractivity contribution in [2.24, 2.45) is 5.92 Å². The molecule has 2 aliphatic heterocycles. The van der Waals surface area contributed by atoms with Gasteiger partial charge in [-0.05, 0) is 30.9 Å². The number of hydrogen-bond acceptors (Lipinski definition) is 5. The second-order valence-electron chi connectivity index (χ2n) is 7.91. The Morgan fingerprint density at radius 2 is 1.76 bits per heavy atom. The Morgan fingerprint density at radius 1 is 1.10 bits per heavy atom. The summed E-state index contributed by atoms with van der Waals surface area (Å²) >= 11 is 0. The predicted molar refractivity (Wildman–Crippen MR) is 109 cm³/mol. The summed E-state index contributed by atoms with van der Waals surface area (Å²) in [6, 6.07) is 4.77. The highest BCUT2D eigenvalue weighted by molar-refractivity contribution is 7.89. The third-order valence-electron chi connectivity index (χ3n) is 5.96. The van der Waals surface area contributed by atoms with Crippen LogP contribution in [0.4, 0.5) is 0 Å². The van der Waals surface area contributed by atoms with E-state index >= 15 is 0 Å². The summed E-state index contributed by atoms with van der Waals surface area (Å²) in [5, 5.41) is 0. The van der Waals surface area contributed by atoms with Gasteiger partial charge in [0.15, 0.2) is 6.54 Å². The van der Waals surface area contributed by atoms with Gasteiger partial charge in [-0.3, -0.25) is 4.79 Å². The molecule has 0 aromatic heterocycles. The molecule has 29 heavy (non-hydrogen) atoms. The van der Waals surface area contributed by atoms with Gasteiger partial charge < -0.3 is 19.3 Å². The SMILES string of the molecule is COc1ccc(OC)c(S(=O)(=O)N2CC[NH+](CC(=O)N3CCC(C)CC3)CC2)c1. The molecule has 1 aromatic rings. The first-order valence-corrected chi connectivity index (χ1v) is 11.6. The lowest BCUT2D eigenvalue weighted by molar-refractivity contribution is -0.896. The van der Waals surface area contributed by atoms with Crippen LogP contribution in [-0.2, 0) is 14.8 Å². The number of methoxy groups -OCH3 is 2. The first-order chi connectivity index (χ1) is 13.8. The number of sulfonamides is 1. The second kappa shape index (κ2) is 9.32. The third-order valence-corrected chi connectivity index (χ3v) is 7.88. The van der Waals surface area contributed by atoms with E-state index < -0.39 is 10.0 Å². The zero-order valence-electron chi connectivity index (χ0n) is 17.5. The van der Waals surface area contributed by atoms with Crippen LogP contribution in [0.5, 0.6) is 11.5 Å². The molecule has 0 spiro atoms. The van der Waals surface area contributed by atoms with Crippen molar-refractivity contribution in [1.82, 2.24) is 9.21 Å². The van der Waals surface area contributed by atoms with Gasteiger partial charge in [0.25, 0.3) is 5.91 Å². The summed E-state index contributed by atoms with van der Waals surface area (Å²) in [6.45, 7) is 6.31. The summed E-state index contributed by atoms with van der Waals surface area (Å²) < 4.78 is 38.2. The number of nitrogens with one attached hydrogen (secondary N) is 1. The number of benzene rings is 1. The monoisotopic (exact) mass is 426 g/mol. The lowest BCUT2D eigenvalue weighted by Gasteiger charge is -2.34. The van der Waals surface area contributed by atoms with Crippen molar-refractivity contribution in [2.75, 3.05) is 60.0 Å². The number of piperidine rings is 1. The first kappa shape index (κ1) is 21.9. The summed E-state index contributed by atoms with van der Waals surface area (Å²) in [4.78, 5) is 15.8. The fourth-order valence-electron chi connectivity index (χ4n) is 3.93. The number of piperazine rings is 1. The van der Waals surface area contributed by atoms with Crippen LogP contribution >= 0.6 is 0 Å². The Bertz CT molecular complexity index is 813. The molecule has 2 heterocycles. The zero-order valence-corrected chi connectivity index (χ0v) is 18.3. The second-order valence-corrected chi connectivity index (χ2v) is 9.82. The van der Waals surface area contributed by atoms with E-state index in [1.807, 2.05) is 4.90 Å². The first-order valence-electron chi connectivity index (χ1n) is 10.2. The van der Waals surface area contributed by atoms with Crippen molar-refractivity contribution in [3.8, 4) is 11.5 Å². The predicted octanol–water partition coefficient (Wildman–Crippen LogP) is -0.148. The molecule has 2 aliphatic rings. The van der Waals surface area contributed by atoms with E-state index in [-0.39, 0.29) is 10.8 Å². The molecule has 0 aliphatic carbocycles. The Labute approximate surface area is 173 Å². The number of hydrogen-bond donors (Lipinski definition) is 1. The van der Waals surface area contributed by atoms with Crippen LogP contribution in [0.15, 0.2) is 23.1 Å². The van der Waals surface area contributed by atoms with E-state index in [4.69, 9.17) is 9.47 Å². The average Bonchev–Trinajstić information content (AvgIpc) is 2.74. The van der Waals surface area contributed by atoms with Crippen molar-refractivity contribution in [1.29, 1.82) is 0 Å². The summed E-state index contributed by atoms with van der Waals surface area (Å²) in [7, 11) is -0.742. The van der Waals surface area contributed by atoms with Crippen LogP contribution in [-0.4, -0.2) is 83.6 Å². The zero-order chi connectivity index (χ0) is 21.0. The molecule has 0 radical (unpaired) electrons. The number of nitrogens with zero attached hydrogens (tertiary/aromatic N) is 2. The van der Waals surface area contributed by atoms with E-state index in [0.717, 1.165) is 30.8 Å². The highest BCUT2D eigenvalue weighted by atomic mass is 32.2. The highest BCUT2D eigenvalue weighted by Crippen LogP contribution is 2.30. The van der Waals surface area contributed by atoms with Crippen molar-refractivity contribution in [3.05, 3.63) is 18.2 Å². The number of rotatable bonds is 6. The van der Waals surface area contributed by atoms with Gasteiger partial charge in [0.2, 0.25) is 10.0 Å². The minimum Gasteiger partial charge on any atom is -0.497 e. The van der Waals surface area contributed by atoms with Gasteiger partial charge in [-0.2, -0.15) is 4.31 Å². The standard InChI is InChI=1S/C20H31N3O5S/c1-16-6-8-22(9-7-16)20(24)15-21-10-12-23(13-11-21)29(25,26)19-14-17(27-2)4-5-18(19)28-3/h4-5,14,16H,6-13,15H2,1-3H3/p+1. The summed E-state index contributed by atoms with van der Waals surface area (Å²) in [5.74, 6) is 1.64. The van der Waals surface area contributed by atoms with Gasteiger partial charge >= 0.3 is 0 Å². The molecule has 2 fully saturated rings. The Balaban J connectivity index is 1.61. The van der Waals surface area contributed by atoms with Crippen LogP contribution in [0, 0.1) is 5.92 Å². The number of carbonyl (C=O) groups is 1. The highest BCUT2D eigenvalue weighted by Gasteiger charge is 2.34. The van der Waals surface area contributed by atoms with Crippen LogP contribution in [0.25, 0.3) is 0 Å². The number of amides is 1. The molecular formula is C20H32N3O5S+. The van der Waals surface area contributed by atoms with E-state index in [2.05, 4.69) is 6.92 Å². The van der Waals surface area contributed by atoms with Crippen molar-refractivity contribution >= 4 is 15.9 Å². The fourth-order valence-corrected chi connectivity index (χ4v) is 5.54. The largest absolute Gasteiger partial charge is 0.497 e. The molecule has 0 atom stereocenters. The van der Waals surface area contributed by atoms with Crippen LogP contribution in [0.3, 0.4) is 0 Å². The van der Waals surface area contributed by atoms with E-state index in [9.17, 15) is 13.2 Å². The van der Waals surface area contributed by atoms with Crippen LogP contribution in [0.2, 0.25) is 0 Å². The summed E-state index contributed by atoms with van der Waals surface area (Å²) in [5.41, 5.74) is 0. The molecule has 1 amide bonds. The van der Waals surface area contributed by atoms with Gasteiger partial charge in [-0.25, -0.2) is 8.42 Å². The number of likely N-dealkylation sites (tertiary alicyclic amines) is 1. The van der Waals surface area contributed by atoms with E-state index in [0.29, 0.717) is 50.1 Å². The molecule has 2 saturated heterocycles. The lowest BCUT2D eigenvalue weighted by Crippen LogP contribution is -3.15. The molecule has 0 unspecified atom stereocenters. The van der Waals surface area contributed by atoms with Gasteiger partial charge in [0.1, 0.15) is 16.4 Å². The quantitative estimate of drug-likeness (QED) is 0.685. The minimum absolute atomic E-state index is 0.112. The molecule has 9 heteroatoms. The average molecular weight is 427 g/mol. The normalized spacial score (nSPS) is 19.9. The smallest absolute Gasteiger partial charge is 0.277 e. The molecule has 8 nitrogen and oxygen atoms in total. The maximum Gasteiger partial charge on any atom is 0.277 e. The van der Waals surface area contributed by atoms with Crippen molar-refractivity contribution in [2.45, 2.75) is 24.7 Å². The Morgan fingerprint density at radius 3 is 2.34 bits per heavy atom. The summed E-state index contributed by atoms with van der Waals surface area (Å²) in [6.07, 6.45) is 2.13. The Hall–Kier alpha value is -1.84. The van der Waals surface area contributed by atoms with Crippen molar-refractivity contribution in [3.63, 3.8) is 0 Å². The molecule has 3 rings (SSSR count). The van der Waals surface area contributed by atoms with Gasteiger partial charge in [-0.1, -0.05) is 6.92 Å².